The third kappa shape index (κ3) is 2.19. The first kappa shape index (κ1) is 12.2. The zero-order valence-electron chi connectivity index (χ0n) is 9.65. The fraction of sp³-hybridized carbons (Fsp3) is 0.231. The highest BCUT2D eigenvalue weighted by Gasteiger charge is 2.18. The van der Waals surface area contributed by atoms with E-state index in [1.54, 1.807) is 11.3 Å². The van der Waals surface area contributed by atoms with Crippen LogP contribution in [-0.4, -0.2) is 6.61 Å². The maximum atomic E-state index is 5.70. The van der Waals surface area contributed by atoms with E-state index >= 15 is 0 Å². The molecule has 2 aromatic rings. The molecule has 0 amide bonds. The fourth-order valence-electron chi connectivity index (χ4n) is 2.21. The van der Waals surface area contributed by atoms with Gasteiger partial charge in [-0.2, -0.15) is 0 Å². The number of hydrogen-bond acceptors (Lipinski definition) is 4. The monoisotopic (exact) mass is 324 g/mol. The molecule has 3 nitrogen and oxygen atoms in total. The number of nitrogens with one attached hydrogen (secondary N) is 1. The summed E-state index contributed by atoms with van der Waals surface area (Å²) >= 11 is 5.16. The average molecular weight is 325 g/mol. The van der Waals surface area contributed by atoms with Gasteiger partial charge >= 0.3 is 0 Å². The first-order valence-electron chi connectivity index (χ1n) is 5.73. The molecule has 1 aliphatic heterocycles. The maximum Gasteiger partial charge on any atom is 0.122 e. The SMILES string of the molecule is NNC(c1ccc2c(c1)CCO2)c1cc(Br)cs1. The van der Waals surface area contributed by atoms with Gasteiger partial charge in [-0.15, -0.1) is 11.3 Å². The van der Waals surface area contributed by atoms with Gasteiger partial charge in [0, 0.05) is 21.2 Å². The van der Waals surface area contributed by atoms with Crippen molar-refractivity contribution in [2.45, 2.75) is 12.5 Å². The third-order valence-electron chi connectivity index (χ3n) is 3.09. The Morgan fingerprint density at radius 3 is 3.00 bits per heavy atom. The molecule has 1 aliphatic rings. The Labute approximate surface area is 118 Å². The van der Waals surface area contributed by atoms with Gasteiger partial charge < -0.3 is 4.74 Å². The molecule has 0 bridgehead atoms. The topological polar surface area (TPSA) is 47.3 Å². The van der Waals surface area contributed by atoms with E-state index in [0.717, 1.165) is 23.2 Å². The number of fused-ring (bicyclic) bond motifs is 1. The second kappa shape index (κ2) is 5.01. The summed E-state index contributed by atoms with van der Waals surface area (Å²) in [6, 6.07) is 8.42. The zero-order valence-corrected chi connectivity index (χ0v) is 12.1. The van der Waals surface area contributed by atoms with Crippen LogP contribution >= 0.6 is 27.3 Å². The fourth-order valence-corrected chi connectivity index (χ4v) is 3.74. The smallest absolute Gasteiger partial charge is 0.122 e. The van der Waals surface area contributed by atoms with Crippen LogP contribution in [-0.2, 0) is 6.42 Å². The molecule has 1 aromatic heterocycles. The van der Waals surface area contributed by atoms with Gasteiger partial charge in [-0.05, 0) is 45.3 Å². The van der Waals surface area contributed by atoms with Crippen molar-refractivity contribution in [2.75, 3.05) is 6.61 Å². The van der Waals surface area contributed by atoms with E-state index in [-0.39, 0.29) is 6.04 Å². The molecule has 18 heavy (non-hydrogen) atoms. The average Bonchev–Trinajstić information content (AvgIpc) is 2.99. The van der Waals surface area contributed by atoms with Crippen LogP contribution in [0.4, 0.5) is 0 Å². The van der Waals surface area contributed by atoms with Crippen molar-refractivity contribution in [2.24, 2.45) is 5.84 Å². The molecule has 3 N–H and O–H groups in total. The summed E-state index contributed by atoms with van der Waals surface area (Å²) < 4.78 is 6.61. The Morgan fingerprint density at radius 1 is 1.39 bits per heavy atom. The van der Waals surface area contributed by atoms with E-state index in [1.165, 1.54) is 16.0 Å². The van der Waals surface area contributed by atoms with Crippen LogP contribution in [0.2, 0.25) is 0 Å². The Balaban J connectivity index is 1.96. The van der Waals surface area contributed by atoms with E-state index in [2.05, 4.69) is 44.9 Å². The van der Waals surface area contributed by atoms with E-state index in [4.69, 9.17) is 10.6 Å². The van der Waals surface area contributed by atoms with E-state index < -0.39 is 0 Å². The molecular formula is C13H13BrN2OS. The van der Waals surface area contributed by atoms with Gasteiger partial charge in [0.15, 0.2) is 0 Å². The molecular weight excluding hydrogens is 312 g/mol. The van der Waals surface area contributed by atoms with E-state index in [1.807, 2.05) is 6.07 Å². The molecule has 1 aromatic carbocycles. The number of halogens is 1. The largest absolute Gasteiger partial charge is 0.493 e. The van der Waals surface area contributed by atoms with Crippen molar-refractivity contribution in [3.63, 3.8) is 0 Å². The second-order valence-corrected chi connectivity index (χ2v) is 6.09. The highest BCUT2D eigenvalue weighted by molar-refractivity contribution is 9.10. The number of rotatable bonds is 3. The van der Waals surface area contributed by atoms with Gasteiger partial charge in [-0.25, -0.2) is 5.43 Å². The minimum absolute atomic E-state index is 0.0344. The lowest BCUT2D eigenvalue weighted by Crippen LogP contribution is -2.28. The van der Waals surface area contributed by atoms with Crippen molar-refractivity contribution < 1.29 is 4.74 Å². The van der Waals surface area contributed by atoms with Crippen molar-refractivity contribution in [1.82, 2.24) is 5.43 Å². The van der Waals surface area contributed by atoms with Crippen LogP contribution in [0.5, 0.6) is 5.75 Å². The molecule has 0 fully saturated rings. The third-order valence-corrected chi connectivity index (χ3v) is 4.84. The lowest BCUT2D eigenvalue weighted by molar-refractivity contribution is 0.357. The first-order valence-corrected chi connectivity index (χ1v) is 7.41. The number of nitrogens with two attached hydrogens (primary N) is 1. The lowest BCUT2D eigenvalue weighted by Gasteiger charge is -2.15. The Kier molecular flexibility index (Phi) is 3.39. The molecule has 1 unspecified atom stereocenters. The summed E-state index contributed by atoms with van der Waals surface area (Å²) in [5, 5.41) is 2.07. The minimum atomic E-state index is 0.0344. The van der Waals surface area contributed by atoms with Gasteiger partial charge in [0.25, 0.3) is 0 Å². The molecule has 2 heterocycles. The Morgan fingerprint density at radius 2 is 2.28 bits per heavy atom. The maximum absolute atomic E-state index is 5.70. The van der Waals surface area contributed by atoms with Gasteiger partial charge in [-0.1, -0.05) is 6.07 Å². The van der Waals surface area contributed by atoms with Crippen LogP contribution < -0.4 is 16.0 Å². The van der Waals surface area contributed by atoms with Crippen LogP contribution in [0.3, 0.4) is 0 Å². The zero-order chi connectivity index (χ0) is 12.5. The summed E-state index contributed by atoms with van der Waals surface area (Å²) in [4.78, 5) is 1.20. The first-order chi connectivity index (χ1) is 8.78. The minimum Gasteiger partial charge on any atom is -0.493 e. The summed E-state index contributed by atoms with van der Waals surface area (Å²) in [5.74, 6) is 6.70. The summed E-state index contributed by atoms with van der Waals surface area (Å²) in [7, 11) is 0. The second-order valence-electron chi connectivity index (χ2n) is 4.23. The van der Waals surface area contributed by atoms with Crippen molar-refractivity contribution in [3.8, 4) is 5.75 Å². The predicted molar refractivity (Wildman–Crippen MR) is 76.8 cm³/mol. The number of benzene rings is 1. The van der Waals surface area contributed by atoms with Crippen LogP contribution in [0.15, 0.2) is 34.1 Å². The summed E-state index contributed by atoms with van der Waals surface area (Å²) in [6.07, 6.45) is 0.981. The normalized spacial score (nSPS) is 15.2. The molecule has 3 rings (SSSR count). The van der Waals surface area contributed by atoms with Crippen molar-refractivity contribution in [1.29, 1.82) is 0 Å². The molecule has 1 atom stereocenters. The Bertz CT molecular complexity index is 570. The van der Waals surface area contributed by atoms with Gasteiger partial charge in [-0.3, -0.25) is 5.84 Å². The highest BCUT2D eigenvalue weighted by atomic mass is 79.9. The molecule has 94 valence electrons. The molecule has 5 heteroatoms. The van der Waals surface area contributed by atoms with Crippen LogP contribution in [0.25, 0.3) is 0 Å². The van der Waals surface area contributed by atoms with E-state index in [0.29, 0.717) is 0 Å². The lowest BCUT2D eigenvalue weighted by atomic mass is 10.0. The molecule has 0 saturated carbocycles. The van der Waals surface area contributed by atoms with Gasteiger partial charge in [0.05, 0.1) is 12.6 Å². The standard InChI is InChI=1S/C13H13BrN2OS/c14-10-6-12(18-7-10)13(16-15)9-1-2-11-8(5-9)3-4-17-11/h1-2,5-7,13,16H,3-4,15H2. The van der Waals surface area contributed by atoms with Gasteiger partial charge in [0.2, 0.25) is 0 Å². The molecule has 0 radical (unpaired) electrons. The summed E-state index contributed by atoms with van der Waals surface area (Å²) in [6.45, 7) is 0.782. The Hall–Kier alpha value is -0.880. The highest BCUT2D eigenvalue weighted by Crippen LogP contribution is 2.33. The number of hydrogen-bond donors (Lipinski definition) is 2. The molecule has 0 saturated heterocycles. The molecule has 0 spiro atoms. The number of ether oxygens (including phenoxy) is 1. The number of thiophene rings is 1. The quantitative estimate of drug-likeness (QED) is 0.674. The predicted octanol–water partition coefficient (Wildman–Crippen LogP) is 3.00. The summed E-state index contributed by atoms with van der Waals surface area (Å²) in [5.41, 5.74) is 5.33. The van der Waals surface area contributed by atoms with Crippen LogP contribution in [0, 0.1) is 0 Å². The van der Waals surface area contributed by atoms with Crippen molar-refractivity contribution in [3.05, 3.63) is 50.1 Å². The van der Waals surface area contributed by atoms with E-state index in [9.17, 15) is 0 Å². The van der Waals surface area contributed by atoms with Gasteiger partial charge in [0.1, 0.15) is 5.75 Å². The van der Waals surface area contributed by atoms with Crippen LogP contribution in [0.1, 0.15) is 22.0 Å². The molecule has 0 aliphatic carbocycles. The van der Waals surface area contributed by atoms with Crippen molar-refractivity contribution >= 4 is 27.3 Å². The number of hydrazine groups is 1.